The molecule has 186 valence electrons. The van der Waals surface area contributed by atoms with Gasteiger partial charge in [-0.2, -0.15) is 5.10 Å². The van der Waals surface area contributed by atoms with Crippen LogP contribution in [0.2, 0.25) is 0 Å². The summed E-state index contributed by atoms with van der Waals surface area (Å²) in [5, 5.41) is 4.66. The first-order valence-electron chi connectivity index (χ1n) is 12.3. The molecule has 0 bridgehead atoms. The first-order valence-corrected chi connectivity index (χ1v) is 12.3. The minimum absolute atomic E-state index is 0.318. The van der Waals surface area contributed by atoms with Crippen LogP contribution < -0.4 is 14.2 Å². The van der Waals surface area contributed by atoms with Gasteiger partial charge in [0, 0.05) is 43.0 Å². The maximum Gasteiger partial charge on any atom is 0.213 e. The molecule has 6 rings (SSSR count). The molecule has 0 atom stereocenters. The number of aromatic nitrogens is 4. The number of benzene rings is 1. The molecule has 8 nitrogen and oxygen atoms in total. The highest BCUT2D eigenvalue weighted by atomic mass is 19.1. The number of rotatable bonds is 6. The largest absolute Gasteiger partial charge is 0.486 e. The Hall–Kier alpha value is -3.72. The molecule has 0 N–H and O–H groups in total. The predicted octanol–water partition coefficient (Wildman–Crippen LogP) is 4.29. The van der Waals surface area contributed by atoms with E-state index in [4.69, 9.17) is 14.2 Å². The predicted molar refractivity (Wildman–Crippen MR) is 133 cm³/mol. The lowest BCUT2D eigenvalue weighted by Gasteiger charge is -2.32. The molecule has 1 aromatic carbocycles. The highest BCUT2D eigenvalue weighted by molar-refractivity contribution is 5.78. The summed E-state index contributed by atoms with van der Waals surface area (Å²) in [5.41, 5.74) is 3.99. The minimum atomic E-state index is -0.318. The zero-order valence-electron chi connectivity index (χ0n) is 20.2. The molecule has 0 amide bonds. The molecule has 0 spiro atoms. The van der Waals surface area contributed by atoms with Gasteiger partial charge in [-0.15, -0.1) is 0 Å². The van der Waals surface area contributed by atoms with E-state index in [2.05, 4.69) is 30.8 Å². The van der Waals surface area contributed by atoms with Crippen LogP contribution in [0.5, 0.6) is 17.4 Å². The molecule has 36 heavy (non-hydrogen) atoms. The van der Waals surface area contributed by atoms with E-state index in [1.807, 2.05) is 30.5 Å². The van der Waals surface area contributed by atoms with Gasteiger partial charge in [0.05, 0.1) is 36.6 Å². The molecule has 3 aromatic heterocycles. The van der Waals surface area contributed by atoms with Crippen molar-refractivity contribution < 1.29 is 18.6 Å². The van der Waals surface area contributed by atoms with Gasteiger partial charge in [0.25, 0.3) is 0 Å². The van der Waals surface area contributed by atoms with Gasteiger partial charge in [-0.25, -0.2) is 9.37 Å². The van der Waals surface area contributed by atoms with Gasteiger partial charge in [0.2, 0.25) is 5.88 Å². The van der Waals surface area contributed by atoms with E-state index in [1.165, 1.54) is 6.20 Å². The second-order valence-corrected chi connectivity index (χ2v) is 9.20. The molecular weight excluding hydrogens is 461 g/mol. The van der Waals surface area contributed by atoms with E-state index >= 15 is 0 Å². The first kappa shape index (κ1) is 22.7. The van der Waals surface area contributed by atoms with E-state index < -0.39 is 0 Å². The van der Waals surface area contributed by atoms with Crippen molar-refractivity contribution in [1.29, 1.82) is 0 Å². The molecule has 0 aliphatic carbocycles. The normalized spacial score (nSPS) is 16.4. The SMILES string of the molecule is COc1ccc2ncc(F)c(CCN3CCC(n4cc(-c5ccc6c(c5)OCCO6)cn4)CC3)c2n1. The average Bonchev–Trinajstić information content (AvgIpc) is 3.43. The summed E-state index contributed by atoms with van der Waals surface area (Å²) in [7, 11) is 1.56. The standard InChI is InChI=1S/C27H28FN5O3/c1-34-26-5-3-23-27(31-26)21(22(28)16-29-23)8-11-32-9-6-20(7-10-32)33-17-19(15-30-33)18-2-4-24-25(14-18)36-13-12-35-24/h2-5,14-17,20H,6-13H2,1H3. The molecule has 2 aliphatic rings. The van der Waals surface area contributed by atoms with Crippen molar-refractivity contribution in [2.75, 3.05) is 40.0 Å². The highest BCUT2D eigenvalue weighted by Gasteiger charge is 2.22. The number of pyridine rings is 2. The monoisotopic (exact) mass is 489 g/mol. The fourth-order valence-corrected chi connectivity index (χ4v) is 5.02. The topological polar surface area (TPSA) is 74.5 Å². The van der Waals surface area contributed by atoms with E-state index in [0.717, 1.165) is 55.1 Å². The quantitative estimate of drug-likeness (QED) is 0.400. The highest BCUT2D eigenvalue weighted by Crippen LogP contribution is 2.35. The molecule has 9 heteroatoms. The van der Waals surface area contributed by atoms with Crippen LogP contribution in [0.15, 0.2) is 48.9 Å². The van der Waals surface area contributed by atoms with Gasteiger partial charge in [0.1, 0.15) is 19.0 Å². The van der Waals surface area contributed by atoms with E-state index in [9.17, 15) is 4.39 Å². The Labute approximate surface area is 208 Å². The van der Waals surface area contributed by atoms with Gasteiger partial charge in [-0.3, -0.25) is 9.67 Å². The lowest BCUT2D eigenvalue weighted by atomic mass is 10.0. The zero-order valence-corrected chi connectivity index (χ0v) is 20.2. The van der Waals surface area contributed by atoms with E-state index in [1.54, 1.807) is 13.2 Å². The molecule has 2 aliphatic heterocycles. The summed E-state index contributed by atoms with van der Waals surface area (Å²) in [4.78, 5) is 11.0. The van der Waals surface area contributed by atoms with Gasteiger partial charge < -0.3 is 19.1 Å². The molecule has 0 radical (unpaired) electrons. The van der Waals surface area contributed by atoms with Crippen molar-refractivity contribution >= 4 is 11.0 Å². The van der Waals surface area contributed by atoms with Crippen molar-refractivity contribution in [3.8, 4) is 28.5 Å². The number of methoxy groups -OCH3 is 1. The number of piperidine rings is 1. The molecule has 0 unspecified atom stereocenters. The summed E-state index contributed by atoms with van der Waals surface area (Å²) in [6.45, 7) is 3.80. The number of halogens is 1. The average molecular weight is 490 g/mol. The van der Waals surface area contributed by atoms with Crippen molar-refractivity contribution in [2.24, 2.45) is 0 Å². The Morgan fingerprint density at radius 2 is 1.86 bits per heavy atom. The van der Waals surface area contributed by atoms with E-state index in [0.29, 0.717) is 48.2 Å². The van der Waals surface area contributed by atoms with Crippen molar-refractivity contribution in [3.63, 3.8) is 0 Å². The third-order valence-electron chi connectivity index (χ3n) is 7.03. The third-order valence-corrected chi connectivity index (χ3v) is 7.03. The van der Waals surface area contributed by atoms with Crippen LogP contribution in [-0.2, 0) is 6.42 Å². The number of hydrogen-bond acceptors (Lipinski definition) is 7. The van der Waals surface area contributed by atoms with Gasteiger partial charge >= 0.3 is 0 Å². The zero-order chi connectivity index (χ0) is 24.5. The number of ether oxygens (including phenoxy) is 3. The maximum absolute atomic E-state index is 14.6. The Balaban J connectivity index is 1.09. The molecule has 5 heterocycles. The summed E-state index contributed by atoms with van der Waals surface area (Å²) in [6, 6.07) is 9.93. The van der Waals surface area contributed by atoms with Crippen molar-refractivity contribution in [1.82, 2.24) is 24.6 Å². The van der Waals surface area contributed by atoms with Gasteiger partial charge in [0.15, 0.2) is 11.5 Å². The van der Waals surface area contributed by atoms with Crippen LogP contribution in [0.1, 0.15) is 24.4 Å². The smallest absolute Gasteiger partial charge is 0.213 e. The Morgan fingerprint density at radius 3 is 2.69 bits per heavy atom. The Bertz CT molecular complexity index is 1380. The first-order chi connectivity index (χ1) is 17.7. The Kier molecular flexibility index (Phi) is 6.14. The van der Waals surface area contributed by atoms with Crippen LogP contribution in [0.3, 0.4) is 0 Å². The van der Waals surface area contributed by atoms with Crippen LogP contribution in [-0.4, -0.2) is 64.6 Å². The van der Waals surface area contributed by atoms with Crippen molar-refractivity contribution in [2.45, 2.75) is 25.3 Å². The lowest BCUT2D eigenvalue weighted by molar-refractivity contribution is 0.171. The van der Waals surface area contributed by atoms with Gasteiger partial charge in [-0.1, -0.05) is 6.07 Å². The fraction of sp³-hybridized carbons (Fsp3) is 0.370. The summed E-state index contributed by atoms with van der Waals surface area (Å²) in [6.07, 6.45) is 7.88. The van der Waals surface area contributed by atoms with E-state index in [-0.39, 0.29) is 5.82 Å². The summed E-state index contributed by atoms with van der Waals surface area (Å²) < 4.78 is 33.3. The van der Waals surface area contributed by atoms with Crippen molar-refractivity contribution in [3.05, 3.63) is 60.3 Å². The number of nitrogens with zero attached hydrogens (tertiary/aromatic N) is 5. The summed E-state index contributed by atoms with van der Waals surface area (Å²) in [5.74, 6) is 1.72. The van der Waals surface area contributed by atoms with Crippen LogP contribution in [0, 0.1) is 5.82 Å². The molecule has 0 saturated carbocycles. The second-order valence-electron chi connectivity index (χ2n) is 9.20. The molecule has 1 saturated heterocycles. The minimum Gasteiger partial charge on any atom is -0.486 e. The summed E-state index contributed by atoms with van der Waals surface area (Å²) >= 11 is 0. The number of hydrogen-bond donors (Lipinski definition) is 0. The fourth-order valence-electron chi connectivity index (χ4n) is 5.02. The molecular formula is C27H28FN5O3. The number of fused-ring (bicyclic) bond motifs is 2. The second kappa shape index (κ2) is 9.73. The van der Waals surface area contributed by atoms with Crippen LogP contribution in [0.25, 0.3) is 22.2 Å². The lowest BCUT2D eigenvalue weighted by Crippen LogP contribution is -2.36. The third kappa shape index (κ3) is 4.46. The Morgan fingerprint density at radius 1 is 1.03 bits per heavy atom. The molecule has 4 aromatic rings. The maximum atomic E-state index is 14.6. The van der Waals surface area contributed by atoms with Gasteiger partial charge in [-0.05, 0) is 43.0 Å². The number of likely N-dealkylation sites (tertiary alicyclic amines) is 1. The van der Waals surface area contributed by atoms with Crippen LogP contribution in [0.4, 0.5) is 4.39 Å². The van der Waals surface area contributed by atoms with Crippen LogP contribution >= 0.6 is 0 Å². The molecule has 1 fully saturated rings.